The number of allylic oxidation sites excluding steroid dienone is 5. The van der Waals surface area contributed by atoms with Gasteiger partial charge in [-0.1, -0.05) is 30.9 Å². The smallest absolute Gasteiger partial charge is 0.347 e. The lowest BCUT2D eigenvalue weighted by atomic mass is 10.1. The van der Waals surface area contributed by atoms with E-state index in [0.29, 0.717) is 12.8 Å². The van der Waals surface area contributed by atoms with E-state index in [-0.39, 0.29) is 0 Å². The second-order valence-electron chi connectivity index (χ2n) is 3.64. The van der Waals surface area contributed by atoms with Crippen LogP contribution in [-0.4, -0.2) is 25.2 Å². The second-order valence-corrected chi connectivity index (χ2v) is 3.64. The van der Waals surface area contributed by atoms with Gasteiger partial charge in [0.1, 0.15) is 0 Å². The molecule has 18 heavy (non-hydrogen) atoms. The topological polar surface area (TPSA) is 52.6 Å². The molecule has 100 valence electrons. The summed E-state index contributed by atoms with van der Waals surface area (Å²) >= 11 is 0. The number of ether oxygens (including phenoxy) is 2. The summed E-state index contributed by atoms with van der Waals surface area (Å²) in [5.74, 6) is -1.03. The average molecular weight is 252 g/mol. The first kappa shape index (κ1) is 16.2. The summed E-state index contributed by atoms with van der Waals surface area (Å²) < 4.78 is 9.51. The highest BCUT2D eigenvalue weighted by Crippen LogP contribution is 2.13. The van der Waals surface area contributed by atoms with E-state index >= 15 is 0 Å². The molecule has 0 saturated carbocycles. The molecule has 0 fully saturated rings. The first-order valence-electron chi connectivity index (χ1n) is 5.74. The molecule has 1 atom stereocenters. The van der Waals surface area contributed by atoms with Crippen molar-refractivity contribution in [2.24, 2.45) is 0 Å². The van der Waals surface area contributed by atoms with Crippen molar-refractivity contribution >= 4 is 11.9 Å². The van der Waals surface area contributed by atoms with Gasteiger partial charge in [-0.25, -0.2) is 4.79 Å². The average Bonchev–Trinajstić information content (AvgIpc) is 2.33. The molecule has 0 aromatic carbocycles. The maximum absolute atomic E-state index is 11.4. The second kappa shape index (κ2) is 9.22. The molecule has 0 aromatic rings. The molecule has 1 unspecified atom stereocenters. The summed E-state index contributed by atoms with van der Waals surface area (Å²) in [4.78, 5) is 22.3. The van der Waals surface area contributed by atoms with Crippen LogP contribution in [-0.2, 0) is 19.1 Å². The third-order valence-electron chi connectivity index (χ3n) is 2.18. The molecule has 0 spiro atoms. The van der Waals surface area contributed by atoms with Gasteiger partial charge in [-0.15, -0.1) is 0 Å². The summed E-state index contributed by atoms with van der Waals surface area (Å²) in [6, 6.07) is 0. The van der Waals surface area contributed by atoms with Crippen molar-refractivity contribution in [3.05, 3.63) is 36.5 Å². The molecular formula is C14H20O4. The van der Waals surface area contributed by atoms with Crippen LogP contribution in [0.5, 0.6) is 0 Å². The van der Waals surface area contributed by atoms with Crippen LogP contribution in [0.15, 0.2) is 36.5 Å². The molecule has 0 saturated heterocycles. The minimum absolute atomic E-state index is 0.385. The van der Waals surface area contributed by atoms with E-state index in [4.69, 9.17) is 4.74 Å². The number of methoxy groups -OCH3 is 1. The third-order valence-corrected chi connectivity index (χ3v) is 2.18. The van der Waals surface area contributed by atoms with Gasteiger partial charge < -0.3 is 9.47 Å². The molecule has 0 heterocycles. The number of hydrogen-bond acceptors (Lipinski definition) is 4. The monoisotopic (exact) mass is 252 g/mol. The van der Waals surface area contributed by atoms with Gasteiger partial charge >= 0.3 is 11.9 Å². The van der Waals surface area contributed by atoms with Gasteiger partial charge in [-0.05, 0) is 25.3 Å². The minimum atomic E-state index is -0.856. The van der Waals surface area contributed by atoms with Gasteiger partial charge in [0.2, 0.25) is 0 Å². The zero-order valence-electron chi connectivity index (χ0n) is 11.1. The van der Waals surface area contributed by atoms with Crippen LogP contribution >= 0.6 is 0 Å². The van der Waals surface area contributed by atoms with E-state index in [9.17, 15) is 9.59 Å². The molecule has 4 heteroatoms. The highest BCUT2D eigenvalue weighted by molar-refractivity contribution is 5.78. The molecule has 0 rings (SSSR count). The molecular weight excluding hydrogens is 232 g/mol. The van der Waals surface area contributed by atoms with E-state index in [1.54, 1.807) is 6.08 Å². The normalized spacial score (nSPS) is 13.2. The van der Waals surface area contributed by atoms with E-state index in [0.717, 1.165) is 5.57 Å². The molecule has 0 aromatic heterocycles. The van der Waals surface area contributed by atoms with E-state index < -0.39 is 18.0 Å². The maximum atomic E-state index is 11.4. The summed E-state index contributed by atoms with van der Waals surface area (Å²) in [6.45, 7) is 6.79. The number of esters is 2. The molecule has 0 aliphatic heterocycles. The van der Waals surface area contributed by atoms with Crippen molar-refractivity contribution < 1.29 is 19.1 Å². The Morgan fingerprint density at radius 3 is 2.50 bits per heavy atom. The van der Waals surface area contributed by atoms with Crippen LogP contribution < -0.4 is 0 Å². The summed E-state index contributed by atoms with van der Waals surface area (Å²) in [5.41, 5.74) is 1.01. The Balaban J connectivity index is 4.58. The number of carbonyl (C=O) groups is 2. The summed E-state index contributed by atoms with van der Waals surface area (Å²) in [7, 11) is 1.27. The number of rotatable bonds is 7. The molecule has 0 aliphatic carbocycles. The zero-order chi connectivity index (χ0) is 14.0. The van der Waals surface area contributed by atoms with Gasteiger partial charge in [0.25, 0.3) is 0 Å². The van der Waals surface area contributed by atoms with Gasteiger partial charge in [-0.3, -0.25) is 4.79 Å². The molecule has 0 bridgehead atoms. The largest absolute Gasteiger partial charge is 0.466 e. The Bertz CT molecular complexity index is 353. The first-order chi connectivity index (χ1) is 8.54. The van der Waals surface area contributed by atoms with Crippen LogP contribution in [0, 0.1) is 0 Å². The van der Waals surface area contributed by atoms with Gasteiger partial charge in [0.05, 0.1) is 7.11 Å². The minimum Gasteiger partial charge on any atom is -0.466 e. The predicted molar refractivity (Wildman–Crippen MR) is 69.9 cm³/mol. The Morgan fingerprint density at radius 1 is 1.39 bits per heavy atom. The lowest BCUT2D eigenvalue weighted by Crippen LogP contribution is -2.27. The first-order valence-corrected chi connectivity index (χ1v) is 5.74. The Morgan fingerprint density at radius 2 is 2.06 bits per heavy atom. The molecule has 0 aliphatic rings. The quantitative estimate of drug-likeness (QED) is 0.516. The van der Waals surface area contributed by atoms with Crippen LogP contribution in [0.25, 0.3) is 0 Å². The Labute approximate surface area is 108 Å². The van der Waals surface area contributed by atoms with Crippen molar-refractivity contribution in [2.75, 3.05) is 7.11 Å². The van der Waals surface area contributed by atoms with E-state index in [1.165, 1.54) is 14.0 Å². The van der Waals surface area contributed by atoms with Gasteiger partial charge in [0.15, 0.2) is 6.10 Å². The van der Waals surface area contributed by atoms with Crippen molar-refractivity contribution in [3.8, 4) is 0 Å². The highest BCUT2D eigenvalue weighted by atomic mass is 16.6. The van der Waals surface area contributed by atoms with Crippen molar-refractivity contribution in [2.45, 2.75) is 32.8 Å². The fourth-order valence-corrected chi connectivity index (χ4v) is 1.44. The summed E-state index contributed by atoms with van der Waals surface area (Å²) in [5, 5.41) is 0. The lowest BCUT2D eigenvalue weighted by Gasteiger charge is -2.14. The fraction of sp³-hybridized carbons (Fsp3) is 0.429. The Kier molecular flexibility index (Phi) is 8.27. The molecule has 0 amide bonds. The standard InChI is InChI=1S/C14H20O4/c1-5-7-12(8-6-2)9-10-13(14(16)17-4)18-11(3)15/h5-8,13H,1,9-10H2,2-4H3/b8-6-,12-7+. The number of carbonyl (C=O) groups excluding carboxylic acids is 2. The lowest BCUT2D eigenvalue weighted by molar-refractivity contribution is -0.165. The highest BCUT2D eigenvalue weighted by Gasteiger charge is 2.21. The Hall–Kier alpha value is -1.84. The zero-order valence-corrected chi connectivity index (χ0v) is 11.1. The molecule has 4 nitrogen and oxygen atoms in total. The molecule has 0 radical (unpaired) electrons. The molecule has 0 N–H and O–H groups in total. The van der Waals surface area contributed by atoms with Crippen molar-refractivity contribution in [3.63, 3.8) is 0 Å². The van der Waals surface area contributed by atoms with Gasteiger partial charge in [-0.2, -0.15) is 0 Å². The van der Waals surface area contributed by atoms with E-state index in [2.05, 4.69) is 11.3 Å². The van der Waals surface area contributed by atoms with Crippen molar-refractivity contribution in [1.82, 2.24) is 0 Å². The number of hydrogen-bond donors (Lipinski definition) is 0. The van der Waals surface area contributed by atoms with E-state index in [1.807, 2.05) is 25.2 Å². The maximum Gasteiger partial charge on any atom is 0.347 e. The third kappa shape index (κ3) is 6.68. The van der Waals surface area contributed by atoms with Crippen LogP contribution in [0.3, 0.4) is 0 Å². The van der Waals surface area contributed by atoms with Gasteiger partial charge in [0, 0.05) is 6.92 Å². The van der Waals surface area contributed by atoms with Crippen LogP contribution in [0.1, 0.15) is 26.7 Å². The summed E-state index contributed by atoms with van der Waals surface area (Å²) in [6.07, 6.45) is 7.47. The van der Waals surface area contributed by atoms with Crippen LogP contribution in [0.2, 0.25) is 0 Å². The predicted octanol–water partition coefficient (Wildman–Crippen LogP) is 2.56. The van der Waals surface area contributed by atoms with Crippen molar-refractivity contribution in [1.29, 1.82) is 0 Å². The van der Waals surface area contributed by atoms with Crippen LogP contribution in [0.4, 0.5) is 0 Å². The SMILES string of the molecule is C=C/C=C(\C=C/C)CCC(OC(C)=O)C(=O)OC. The fourth-order valence-electron chi connectivity index (χ4n) is 1.44.